The van der Waals surface area contributed by atoms with Gasteiger partial charge in [-0.1, -0.05) is 31.2 Å². The fraction of sp³-hybridized carbons (Fsp3) is 0.400. The number of carbonyl (C=O) groups is 1. The Morgan fingerprint density at radius 1 is 1.26 bits per heavy atom. The third kappa shape index (κ3) is 3.49. The number of benzene rings is 1. The summed E-state index contributed by atoms with van der Waals surface area (Å²) < 4.78 is 1.66. The van der Waals surface area contributed by atoms with Crippen LogP contribution in [-0.2, 0) is 17.6 Å². The molecule has 1 aromatic carbocycles. The number of nitrogens with one attached hydrogen (secondary N) is 2. The lowest BCUT2D eigenvalue weighted by Gasteiger charge is -2.33. The van der Waals surface area contributed by atoms with Crippen LogP contribution in [0.3, 0.4) is 0 Å². The number of aryl methyl sites for hydroxylation is 2. The molecule has 0 radical (unpaired) electrons. The Balaban J connectivity index is 1.34. The lowest BCUT2D eigenvalue weighted by molar-refractivity contribution is -0.130. The van der Waals surface area contributed by atoms with Crippen molar-refractivity contribution in [3.8, 4) is 0 Å². The van der Waals surface area contributed by atoms with E-state index in [1.807, 2.05) is 19.1 Å². The van der Waals surface area contributed by atoms with Crippen molar-refractivity contribution in [1.82, 2.24) is 24.9 Å². The zero-order valence-corrected chi connectivity index (χ0v) is 15.7. The molecule has 1 atom stereocenters. The number of carbonyl (C=O) groups excluding carboxylic acids is 1. The zero-order chi connectivity index (χ0) is 18.9. The highest BCUT2D eigenvalue weighted by Crippen LogP contribution is 2.35. The Labute approximate surface area is 158 Å². The molecule has 4 rings (SSSR count). The van der Waals surface area contributed by atoms with E-state index < -0.39 is 0 Å². The third-order valence-electron chi connectivity index (χ3n) is 5.29. The fourth-order valence-electron chi connectivity index (χ4n) is 3.72. The van der Waals surface area contributed by atoms with E-state index in [9.17, 15) is 4.79 Å². The zero-order valence-electron chi connectivity index (χ0n) is 15.7. The molecule has 0 saturated heterocycles. The van der Waals surface area contributed by atoms with Gasteiger partial charge in [0.15, 0.2) is 0 Å². The van der Waals surface area contributed by atoms with Gasteiger partial charge in [-0.3, -0.25) is 4.79 Å². The number of nitrogens with zero attached hydrogens (tertiary/aromatic N) is 4. The van der Waals surface area contributed by atoms with Crippen molar-refractivity contribution in [3.05, 3.63) is 53.5 Å². The summed E-state index contributed by atoms with van der Waals surface area (Å²) in [6.07, 6.45) is 4.12. The highest BCUT2D eigenvalue weighted by atomic mass is 16.2. The molecule has 3 aromatic rings. The van der Waals surface area contributed by atoms with Crippen LogP contribution in [0.2, 0.25) is 0 Å². The van der Waals surface area contributed by atoms with Crippen LogP contribution in [-0.4, -0.2) is 38.6 Å². The van der Waals surface area contributed by atoms with Gasteiger partial charge in [0.2, 0.25) is 5.91 Å². The van der Waals surface area contributed by atoms with Gasteiger partial charge in [0.1, 0.15) is 12.1 Å². The molecule has 1 aliphatic carbocycles. The number of anilines is 1. The van der Waals surface area contributed by atoms with Crippen molar-refractivity contribution in [2.45, 2.75) is 33.1 Å². The normalized spacial score (nSPS) is 18.9. The van der Waals surface area contributed by atoms with Gasteiger partial charge < -0.3 is 10.6 Å². The van der Waals surface area contributed by atoms with Gasteiger partial charge in [-0.05, 0) is 37.3 Å². The minimum atomic E-state index is -0.346. The molecule has 0 aliphatic heterocycles. The van der Waals surface area contributed by atoms with E-state index in [2.05, 4.69) is 50.8 Å². The molecule has 140 valence electrons. The number of hydrogen-bond acceptors (Lipinski definition) is 5. The third-order valence-corrected chi connectivity index (χ3v) is 5.29. The summed E-state index contributed by atoms with van der Waals surface area (Å²) >= 11 is 0. The van der Waals surface area contributed by atoms with E-state index in [1.54, 1.807) is 4.52 Å². The minimum absolute atomic E-state index is 0.121. The second-order valence-corrected chi connectivity index (χ2v) is 7.44. The second kappa shape index (κ2) is 6.98. The van der Waals surface area contributed by atoms with Crippen LogP contribution in [0.15, 0.2) is 36.7 Å². The van der Waals surface area contributed by atoms with Crippen LogP contribution in [0.1, 0.15) is 30.2 Å². The highest BCUT2D eigenvalue weighted by molar-refractivity contribution is 5.83. The number of aromatic nitrogens is 4. The summed E-state index contributed by atoms with van der Waals surface area (Å²) in [6.45, 7) is 5.14. The molecular weight excluding hydrogens is 340 g/mol. The number of amides is 1. The van der Waals surface area contributed by atoms with Gasteiger partial charge in [-0.2, -0.15) is 14.6 Å². The summed E-state index contributed by atoms with van der Waals surface area (Å²) in [5, 5.41) is 10.6. The Kier molecular flexibility index (Phi) is 4.51. The first-order valence-corrected chi connectivity index (χ1v) is 9.31. The van der Waals surface area contributed by atoms with E-state index in [-0.39, 0.29) is 11.3 Å². The van der Waals surface area contributed by atoms with Crippen molar-refractivity contribution >= 4 is 17.5 Å². The maximum atomic E-state index is 12.8. The molecule has 0 spiro atoms. The van der Waals surface area contributed by atoms with Gasteiger partial charge in [0.25, 0.3) is 5.78 Å². The van der Waals surface area contributed by atoms with E-state index in [0.29, 0.717) is 18.9 Å². The van der Waals surface area contributed by atoms with Crippen LogP contribution < -0.4 is 10.6 Å². The molecule has 2 N–H and O–H groups in total. The maximum absolute atomic E-state index is 12.8. The Morgan fingerprint density at radius 2 is 2.07 bits per heavy atom. The number of hydrogen-bond donors (Lipinski definition) is 2. The number of rotatable bonds is 5. The van der Waals surface area contributed by atoms with Crippen LogP contribution in [0.25, 0.3) is 5.78 Å². The van der Waals surface area contributed by atoms with Crippen molar-refractivity contribution < 1.29 is 4.79 Å². The lowest BCUT2D eigenvalue weighted by atomic mass is 9.72. The Hall–Kier alpha value is -2.96. The highest BCUT2D eigenvalue weighted by Gasteiger charge is 2.36. The van der Waals surface area contributed by atoms with E-state index >= 15 is 0 Å². The summed E-state index contributed by atoms with van der Waals surface area (Å²) in [5.41, 5.74) is 3.19. The average molecular weight is 364 g/mol. The maximum Gasteiger partial charge on any atom is 0.254 e. The molecule has 0 bridgehead atoms. The van der Waals surface area contributed by atoms with Crippen molar-refractivity contribution in [2.75, 3.05) is 18.4 Å². The number of fused-ring (bicyclic) bond motifs is 2. The summed E-state index contributed by atoms with van der Waals surface area (Å²) in [7, 11) is 0. The monoisotopic (exact) mass is 364 g/mol. The first-order valence-electron chi connectivity index (χ1n) is 9.31. The lowest BCUT2D eigenvalue weighted by Crippen LogP contribution is -2.44. The predicted octanol–water partition coefficient (Wildman–Crippen LogP) is 2.16. The second-order valence-electron chi connectivity index (χ2n) is 7.44. The fourth-order valence-corrected chi connectivity index (χ4v) is 3.72. The first kappa shape index (κ1) is 17.5. The summed E-state index contributed by atoms with van der Waals surface area (Å²) in [6, 6.07) is 10.3. The van der Waals surface area contributed by atoms with Crippen molar-refractivity contribution in [1.29, 1.82) is 0 Å². The summed E-state index contributed by atoms with van der Waals surface area (Å²) in [4.78, 5) is 21.2. The van der Waals surface area contributed by atoms with Gasteiger partial charge >= 0.3 is 0 Å². The Morgan fingerprint density at radius 3 is 2.93 bits per heavy atom. The Bertz CT molecular complexity index is 982. The van der Waals surface area contributed by atoms with Gasteiger partial charge in [-0.25, -0.2) is 4.98 Å². The molecule has 1 unspecified atom stereocenters. The molecule has 2 aromatic heterocycles. The average Bonchev–Trinajstić information content (AvgIpc) is 3.13. The molecule has 2 heterocycles. The molecule has 1 aliphatic rings. The van der Waals surface area contributed by atoms with Crippen LogP contribution in [0.5, 0.6) is 0 Å². The topological polar surface area (TPSA) is 84.2 Å². The van der Waals surface area contributed by atoms with E-state index in [4.69, 9.17) is 0 Å². The van der Waals surface area contributed by atoms with Gasteiger partial charge in [0, 0.05) is 24.8 Å². The SMILES string of the molecule is Cc1cc(NCCNC(=O)C2(C)CCc3ccccc3C2)n2ncnc2n1. The van der Waals surface area contributed by atoms with Crippen molar-refractivity contribution in [2.24, 2.45) is 5.41 Å². The molecule has 0 saturated carbocycles. The van der Waals surface area contributed by atoms with Gasteiger partial charge in [0.05, 0.1) is 5.41 Å². The quantitative estimate of drug-likeness (QED) is 0.678. The molecule has 0 fully saturated rings. The van der Waals surface area contributed by atoms with Crippen molar-refractivity contribution in [3.63, 3.8) is 0 Å². The standard InChI is InChI=1S/C20H24N6O/c1-14-11-17(26-19(25-14)23-13-24-26)21-9-10-22-18(27)20(2)8-7-15-5-3-4-6-16(15)12-20/h3-6,11,13,21H,7-10,12H2,1-2H3,(H,22,27). The smallest absolute Gasteiger partial charge is 0.254 e. The summed E-state index contributed by atoms with van der Waals surface area (Å²) in [5.74, 6) is 1.51. The molecule has 1 amide bonds. The molecular formula is C20H24N6O. The largest absolute Gasteiger partial charge is 0.368 e. The first-order chi connectivity index (χ1) is 13.0. The molecule has 7 heteroatoms. The van der Waals surface area contributed by atoms with E-state index in [1.165, 1.54) is 17.5 Å². The van der Waals surface area contributed by atoms with Crippen LogP contribution in [0, 0.1) is 12.3 Å². The predicted molar refractivity (Wildman–Crippen MR) is 104 cm³/mol. The van der Waals surface area contributed by atoms with Crippen LogP contribution >= 0.6 is 0 Å². The van der Waals surface area contributed by atoms with Crippen LogP contribution in [0.4, 0.5) is 5.82 Å². The molecule has 27 heavy (non-hydrogen) atoms. The minimum Gasteiger partial charge on any atom is -0.368 e. The van der Waals surface area contributed by atoms with Gasteiger partial charge in [-0.15, -0.1) is 0 Å². The van der Waals surface area contributed by atoms with E-state index in [0.717, 1.165) is 30.8 Å². The molecule has 7 nitrogen and oxygen atoms in total.